The number of hydrogen-bond acceptors (Lipinski definition) is 7. The van der Waals surface area contributed by atoms with Gasteiger partial charge < -0.3 is 34.9 Å². The van der Waals surface area contributed by atoms with Crippen LogP contribution in [0, 0.1) is 0 Å². The van der Waals surface area contributed by atoms with Crippen molar-refractivity contribution in [3.63, 3.8) is 0 Å². The highest BCUT2D eigenvalue weighted by Gasteiger charge is 2.24. The predicted molar refractivity (Wildman–Crippen MR) is 113 cm³/mol. The number of amides is 2. The molecule has 11 nitrogen and oxygen atoms in total. The number of ether oxygens (including phenoxy) is 3. The van der Waals surface area contributed by atoms with Crippen LogP contribution < -0.4 is 10.6 Å². The summed E-state index contributed by atoms with van der Waals surface area (Å²) in [5, 5.41) is 14.8. The quantitative estimate of drug-likeness (QED) is 0.353. The SMILES string of the molecule is C[C@H](NC(=O)OC(C)(C)C)C(=O)OCOC(=O)N[C@@H](Cc1c[nH]c2ccccc12)C(=O)O. The van der Waals surface area contributed by atoms with E-state index in [1.807, 2.05) is 24.3 Å². The smallest absolute Gasteiger partial charge is 0.410 e. The number of nitrogens with one attached hydrogen (secondary N) is 3. The summed E-state index contributed by atoms with van der Waals surface area (Å²) in [5.74, 6) is -2.11. The van der Waals surface area contributed by atoms with E-state index >= 15 is 0 Å². The van der Waals surface area contributed by atoms with Crippen molar-refractivity contribution in [2.45, 2.75) is 51.8 Å². The van der Waals surface area contributed by atoms with Crippen molar-refractivity contribution in [1.29, 1.82) is 0 Å². The van der Waals surface area contributed by atoms with E-state index in [-0.39, 0.29) is 6.42 Å². The van der Waals surface area contributed by atoms with Crippen molar-refractivity contribution < 1.29 is 38.5 Å². The third-order valence-electron chi connectivity index (χ3n) is 4.17. The number of rotatable bonds is 8. The second kappa shape index (κ2) is 10.5. The summed E-state index contributed by atoms with van der Waals surface area (Å²) < 4.78 is 14.5. The van der Waals surface area contributed by atoms with Gasteiger partial charge in [0.05, 0.1) is 0 Å². The molecule has 2 atom stereocenters. The topological polar surface area (TPSA) is 156 Å². The molecule has 0 saturated heterocycles. The van der Waals surface area contributed by atoms with E-state index in [0.29, 0.717) is 5.56 Å². The molecule has 0 bridgehead atoms. The average molecular weight is 449 g/mol. The molecule has 0 saturated carbocycles. The zero-order valence-electron chi connectivity index (χ0n) is 18.3. The van der Waals surface area contributed by atoms with Gasteiger partial charge in [-0.1, -0.05) is 18.2 Å². The molecule has 0 spiro atoms. The van der Waals surface area contributed by atoms with Gasteiger partial charge in [-0.2, -0.15) is 0 Å². The van der Waals surface area contributed by atoms with E-state index in [2.05, 4.69) is 15.6 Å². The molecule has 0 aliphatic heterocycles. The molecule has 32 heavy (non-hydrogen) atoms. The summed E-state index contributed by atoms with van der Waals surface area (Å²) in [6, 6.07) is 5.05. The van der Waals surface area contributed by atoms with Crippen LogP contribution in [-0.2, 0) is 30.2 Å². The van der Waals surface area contributed by atoms with E-state index in [4.69, 9.17) is 14.2 Å². The average Bonchev–Trinajstić information content (AvgIpc) is 3.08. The molecule has 1 heterocycles. The number of para-hydroxylation sites is 1. The summed E-state index contributed by atoms with van der Waals surface area (Å²) in [5.41, 5.74) is 0.819. The van der Waals surface area contributed by atoms with Crippen LogP contribution in [-0.4, -0.2) is 58.7 Å². The monoisotopic (exact) mass is 449 g/mol. The van der Waals surface area contributed by atoms with Crippen LogP contribution in [0.2, 0.25) is 0 Å². The van der Waals surface area contributed by atoms with E-state index < -0.39 is 48.6 Å². The number of alkyl carbamates (subject to hydrolysis) is 2. The Morgan fingerprint density at radius 2 is 1.75 bits per heavy atom. The maximum atomic E-state index is 12.0. The zero-order chi connectivity index (χ0) is 23.9. The molecule has 0 fully saturated rings. The number of fused-ring (bicyclic) bond motifs is 1. The molecule has 11 heteroatoms. The van der Waals surface area contributed by atoms with Gasteiger partial charge in [0.2, 0.25) is 6.79 Å². The third kappa shape index (κ3) is 7.49. The summed E-state index contributed by atoms with van der Waals surface area (Å²) in [4.78, 5) is 50.1. The Morgan fingerprint density at radius 1 is 1.06 bits per heavy atom. The van der Waals surface area contributed by atoms with Gasteiger partial charge >= 0.3 is 24.1 Å². The molecule has 2 aromatic rings. The molecule has 0 radical (unpaired) electrons. The number of esters is 1. The first-order valence-corrected chi connectivity index (χ1v) is 9.83. The molecular weight excluding hydrogens is 422 g/mol. The van der Waals surface area contributed by atoms with Gasteiger partial charge in [-0.15, -0.1) is 0 Å². The Bertz CT molecular complexity index is 979. The molecule has 1 aromatic heterocycles. The Labute approximate surface area is 184 Å². The lowest BCUT2D eigenvalue weighted by Crippen LogP contribution is -2.44. The summed E-state index contributed by atoms with van der Waals surface area (Å²) in [6.45, 7) is 5.62. The van der Waals surface area contributed by atoms with E-state index in [0.717, 1.165) is 10.9 Å². The van der Waals surface area contributed by atoms with Crippen LogP contribution in [0.3, 0.4) is 0 Å². The Kier molecular flexibility index (Phi) is 8.05. The van der Waals surface area contributed by atoms with Crippen LogP contribution in [0.4, 0.5) is 9.59 Å². The van der Waals surface area contributed by atoms with Gasteiger partial charge in [0.1, 0.15) is 17.7 Å². The van der Waals surface area contributed by atoms with Crippen molar-refractivity contribution in [1.82, 2.24) is 15.6 Å². The number of hydrogen-bond donors (Lipinski definition) is 4. The molecule has 2 rings (SSSR count). The van der Waals surface area contributed by atoms with E-state index in [1.54, 1.807) is 27.0 Å². The van der Waals surface area contributed by atoms with Crippen molar-refractivity contribution in [2.75, 3.05) is 6.79 Å². The lowest BCUT2D eigenvalue weighted by Gasteiger charge is -2.21. The number of aliphatic carboxylic acids is 1. The second-order valence-electron chi connectivity index (χ2n) is 7.98. The van der Waals surface area contributed by atoms with Crippen LogP contribution >= 0.6 is 0 Å². The maximum Gasteiger partial charge on any atom is 0.410 e. The molecule has 0 aliphatic rings. The number of benzene rings is 1. The van der Waals surface area contributed by atoms with Gasteiger partial charge in [-0.25, -0.2) is 19.2 Å². The fourth-order valence-corrected chi connectivity index (χ4v) is 2.71. The van der Waals surface area contributed by atoms with Gasteiger partial charge in [0, 0.05) is 23.5 Å². The first-order valence-electron chi connectivity index (χ1n) is 9.83. The van der Waals surface area contributed by atoms with Crippen LogP contribution in [0.1, 0.15) is 33.3 Å². The van der Waals surface area contributed by atoms with Gasteiger partial charge in [-0.05, 0) is 39.3 Å². The Hall–Kier alpha value is -3.76. The van der Waals surface area contributed by atoms with Crippen molar-refractivity contribution in [3.8, 4) is 0 Å². The van der Waals surface area contributed by atoms with Gasteiger partial charge in [0.15, 0.2) is 0 Å². The number of carbonyl (C=O) groups excluding carboxylic acids is 3. The molecule has 4 N–H and O–H groups in total. The minimum Gasteiger partial charge on any atom is -0.480 e. The summed E-state index contributed by atoms with van der Waals surface area (Å²) in [6.07, 6.45) is -0.181. The van der Waals surface area contributed by atoms with Crippen LogP contribution in [0.5, 0.6) is 0 Å². The van der Waals surface area contributed by atoms with Gasteiger partial charge in [0.25, 0.3) is 0 Å². The molecule has 174 valence electrons. The number of aromatic nitrogens is 1. The number of carboxylic acids is 1. The minimum absolute atomic E-state index is 0.0189. The lowest BCUT2D eigenvalue weighted by atomic mass is 10.1. The number of aromatic amines is 1. The normalized spacial score (nSPS) is 13.0. The number of carbonyl (C=O) groups is 4. The minimum atomic E-state index is -1.26. The van der Waals surface area contributed by atoms with Crippen molar-refractivity contribution in [3.05, 3.63) is 36.0 Å². The highest BCUT2D eigenvalue weighted by molar-refractivity contribution is 5.85. The van der Waals surface area contributed by atoms with Crippen molar-refractivity contribution in [2.24, 2.45) is 0 Å². The highest BCUT2D eigenvalue weighted by Crippen LogP contribution is 2.19. The fourth-order valence-electron chi connectivity index (χ4n) is 2.71. The molecule has 1 aromatic carbocycles. The maximum absolute atomic E-state index is 12.0. The highest BCUT2D eigenvalue weighted by atomic mass is 16.7. The Balaban J connectivity index is 1.80. The number of carboxylic acid groups (broad SMARTS) is 1. The first-order chi connectivity index (χ1) is 15.0. The fraction of sp³-hybridized carbons (Fsp3) is 0.429. The van der Waals surface area contributed by atoms with Crippen molar-refractivity contribution >= 4 is 35.0 Å². The Morgan fingerprint density at radius 3 is 2.41 bits per heavy atom. The van der Waals surface area contributed by atoms with E-state index in [1.165, 1.54) is 6.92 Å². The molecule has 0 aliphatic carbocycles. The predicted octanol–water partition coefficient (Wildman–Crippen LogP) is 2.30. The number of H-pyrrole nitrogens is 1. The first kappa shape index (κ1) is 24.5. The van der Waals surface area contributed by atoms with Crippen LogP contribution in [0.25, 0.3) is 10.9 Å². The second-order valence-corrected chi connectivity index (χ2v) is 7.98. The standard InChI is InChI=1S/C21H27N3O8/c1-12(23-20(29)32-21(2,3)4)18(27)30-11-31-19(28)24-16(17(25)26)9-13-10-22-15-8-6-5-7-14(13)15/h5-8,10,12,16,22H,9,11H2,1-4H3,(H,23,29)(H,24,28)(H,25,26)/t12-,16-/m0/s1. The lowest BCUT2D eigenvalue weighted by molar-refractivity contribution is -0.154. The molecular formula is C21H27N3O8. The molecule has 2 amide bonds. The van der Waals surface area contributed by atoms with E-state index in [9.17, 15) is 24.3 Å². The largest absolute Gasteiger partial charge is 0.480 e. The summed E-state index contributed by atoms with van der Waals surface area (Å²) >= 11 is 0. The van der Waals surface area contributed by atoms with Crippen LogP contribution in [0.15, 0.2) is 30.5 Å². The molecule has 0 unspecified atom stereocenters. The van der Waals surface area contributed by atoms with Gasteiger partial charge in [-0.3, -0.25) is 0 Å². The zero-order valence-corrected chi connectivity index (χ0v) is 18.3. The third-order valence-corrected chi connectivity index (χ3v) is 4.17. The summed E-state index contributed by atoms with van der Waals surface area (Å²) in [7, 11) is 0.